The smallest absolute Gasteiger partial charge is 0.310 e. The number of ketones is 3. The standard InChI is InChI=1S/C32H32O8/c1-6-23(35)40-19-9-7-18(8-10-19)20-11-12-22(34)25-21(20)14-30(4)15-31(5)13-16(2)24(17(3)33)28(37)32(31,39)29(38)26(30)27(25)36/h7-12,34,38-39H,6,13-15H2,1-5H3/t30-,31+,32+/m0/s1. The molecular formula is C32H32O8. The van der Waals surface area contributed by atoms with Gasteiger partial charge in [-0.1, -0.05) is 44.5 Å². The van der Waals surface area contributed by atoms with Gasteiger partial charge in [0.05, 0.1) is 11.1 Å². The molecule has 3 atom stereocenters. The number of Topliss-reactive ketones (excluding diaryl/α,β-unsaturated/α-hetero) is 3. The Bertz CT molecular complexity index is 1580. The van der Waals surface area contributed by atoms with E-state index in [-0.39, 0.29) is 54.1 Å². The summed E-state index contributed by atoms with van der Waals surface area (Å²) >= 11 is 0. The number of esters is 1. The van der Waals surface area contributed by atoms with E-state index in [4.69, 9.17) is 4.74 Å². The van der Waals surface area contributed by atoms with Crippen molar-refractivity contribution in [2.24, 2.45) is 10.8 Å². The van der Waals surface area contributed by atoms with E-state index in [1.165, 1.54) is 13.0 Å². The summed E-state index contributed by atoms with van der Waals surface area (Å²) < 4.78 is 5.27. The second-order valence-electron chi connectivity index (χ2n) is 11.8. The molecule has 0 saturated heterocycles. The van der Waals surface area contributed by atoms with Crippen LogP contribution in [0.2, 0.25) is 0 Å². The predicted molar refractivity (Wildman–Crippen MR) is 146 cm³/mol. The van der Waals surface area contributed by atoms with Gasteiger partial charge in [0.2, 0.25) is 5.78 Å². The zero-order valence-corrected chi connectivity index (χ0v) is 23.2. The minimum absolute atomic E-state index is 0.00742. The molecule has 8 nitrogen and oxygen atoms in total. The van der Waals surface area contributed by atoms with Gasteiger partial charge in [0.15, 0.2) is 17.2 Å². The number of rotatable bonds is 4. The predicted octanol–water partition coefficient (Wildman–Crippen LogP) is 4.95. The van der Waals surface area contributed by atoms with Gasteiger partial charge in [-0.15, -0.1) is 0 Å². The quantitative estimate of drug-likeness (QED) is 0.279. The molecule has 0 amide bonds. The Balaban J connectivity index is 1.67. The molecule has 208 valence electrons. The van der Waals surface area contributed by atoms with Crippen molar-refractivity contribution < 1.29 is 39.2 Å². The molecule has 2 aromatic rings. The van der Waals surface area contributed by atoms with E-state index in [0.29, 0.717) is 22.4 Å². The lowest BCUT2D eigenvalue weighted by Gasteiger charge is -2.56. The number of carbonyl (C=O) groups excluding carboxylic acids is 4. The van der Waals surface area contributed by atoms with Gasteiger partial charge in [-0.25, -0.2) is 0 Å². The summed E-state index contributed by atoms with van der Waals surface area (Å²) in [5, 5.41) is 34.2. The summed E-state index contributed by atoms with van der Waals surface area (Å²) in [6, 6.07) is 9.94. The highest BCUT2D eigenvalue weighted by Gasteiger charge is 2.67. The SMILES string of the molecule is CCC(=O)Oc1ccc(-c2ccc(O)c3c2C[C@@]2(C)C[C@@]4(C)CC(C)=C(C(C)=O)C(=O)[C@@]4(O)C(O)=C2C3=O)cc1. The molecule has 3 aliphatic carbocycles. The normalized spacial score (nSPS) is 27.6. The van der Waals surface area contributed by atoms with Crippen LogP contribution < -0.4 is 4.74 Å². The fourth-order valence-corrected chi connectivity index (χ4v) is 7.21. The molecule has 40 heavy (non-hydrogen) atoms. The molecule has 0 unspecified atom stereocenters. The zero-order valence-electron chi connectivity index (χ0n) is 23.2. The molecule has 5 rings (SSSR count). The average molecular weight is 545 g/mol. The van der Waals surface area contributed by atoms with Crippen LogP contribution in [-0.2, 0) is 20.8 Å². The third-order valence-electron chi connectivity index (χ3n) is 8.82. The van der Waals surface area contributed by atoms with E-state index in [1.54, 1.807) is 51.1 Å². The maximum Gasteiger partial charge on any atom is 0.310 e. The molecule has 0 aromatic heterocycles. The minimum atomic E-state index is -2.45. The molecule has 0 bridgehead atoms. The summed E-state index contributed by atoms with van der Waals surface area (Å²) in [6.07, 6.45) is 0.840. The van der Waals surface area contributed by atoms with Crippen LogP contribution in [0.4, 0.5) is 0 Å². The topological polar surface area (TPSA) is 138 Å². The molecule has 2 aromatic carbocycles. The van der Waals surface area contributed by atoms with Gasteiger partial charge in [-0.05, 0) is 68.0 Å². The Morgan fingerprint density at radius 2 is 1.65 bits per heavy atom. The maximum atomic E-state index is 14.1. The summed E-state index contributed by atoms with van der Waals surface area (Å²) in [5.41, 5.74) is -2.36. The number of aromatic hydroxyl groups is 1. The van der Waals surface area contributed by atoms with E-state index in [2.05, 4.69) is 0 Å². The lowest BCUT2D eigenvalue weighted by atomic mass is 9.48. The average Bonchev–Trinajstić information content (AvgIpc) is 2.86. The van der Waals surface area contributed by atoms with Crippen molar-refractivity contribution >= 4 is 23.3 Å². The van der Waals surface area contributed by atoms with E-state index in [9.17, 15) is 34.5 Å². The van der Waals surface area contributed by atoms with E-state index < -0.39 is 39.5 Å². The summed E-state index contributed by atoms with van der Waals surface area (Å²) in [4.78, 5) is 51.6. The van der Waals surface area contributed by atoms with Crippen molar-refractivity contribution in [3.63, 3.8) is 0 Å². The number of phenolic OH excluding ortho intramolecular Hbond substituents is 1. The molecule has 3 N–H and O–H groups in total. The van der Waals surface area contributed by atoms with Gasteiger partial charge in [0, 0.05) is 22.8 Å². The minimum Gasteiger partial charge on any atom is -0.508 e. The van der Waals surface area contributed by atoms with Gasteiger partial charge in [0.25, 0.3) is 0 Å². The number of aliphatic hydroxyl groups is 2. The van der Waals surface area contributed by atoms with Crippen LogP contribution >= 0.6 is 0 Å². The van der Waals surface area contributed by atoms with Crippen LogP contribution in [0.1, 0.15) is 69.8 Å². The zero-order chi connectivity index (χ0) is 29.4. The fraction of sp³-hybridized carbons (Fsp3) is 0.375. The molecule has 8 heteroatoms. The molecular weight excluding hydrogens is 512 g/mol. The highest BCUT2D eigenvalue weighted by Crippen LogP contribution is 2.62. The van der Waals surface area contributed by atoms with Crippen molar-refractivity contribution in [1.82, 2.24) is 0 Å². The monoisotopic (exact) mass is 544 g/mol. The van der Waals surface area contributed by atoms with Crippen LogP contribution in [0.3, 0.4) is 0 Å². The Morgan fingerprint density at radius 3 is 2.25 bits per heavy atom. The van der Waals surface area contributed by atoms with E-state index in [1.807, 2.05) is 6.92 Å². The molecule has 0 spiro atoms. The lowest BCUT2D eigenvalue weighted by Crippen LogP contribution is -2.63. The van der Waals surface area contributed by atoms with Crippen molar-refractivity contribution in [3.05, 3.63) is 70.0 Å². The highest BCUT2D eigenvalue weighted by molar-refractivity contribution is 6.25. The molecule has 0 heterocycles. The summed E-state index contributed by atoms with van der Waals surface area (Å²) in [6.45, 7) is 8.13. The van der Waals surface area contributed by atoms with Crippen molar-refractivity contribution in [1.29, 1.82) is 0 Å². The van der Waals surface area contributed by atoms with Gasteiger partial charge >= 0.3 is 5.97 Å². The Kier molecular flexibility index (Phi) is 6.19. The molecule has 0 saturated carbocycles. The van der Waals surface area contributed by atoms with Crippen LogP contribution in [0.15, 0.2) is 58.9 Å². The summed E-state index contributed by atoms with van der Waals surface area (Å²) in [7, 11) is 0. The number of allylic oxidation sites excluding steroid dienone is 2. The van der Waals surface area contributed by atoms with Crippen LogP contribution in [-0.4, -0.2) is 44.2 Å². The Morgan fingerprint density at radius 1 is 1.00 bits per heavy atom. The Hall–Kier alpha value is -4.04. The van der Waals surface area contributed by atoms with E-state index >= 15 is 0 Å². The maximum absolute atomic E-state index is 14.1. The lowest BCUT2D eigenvalue weighted by molar-refractivity contribution is -0.157. The van der Waals surface area contributed by atoms with Gasteiger partial charge < -0.3 is 20.1 Å². The Labute approximate surface area is 232 Å². The number of phenols is 1. The van der Waals surface area contributed by atoms with Gasteiger partial charge in [0.1, 0.15) is 17.3 Å². The van der Waals surface area contributed by atoms with Crippen molar-refractivity contribution in [2.45, 2.75) is 65.9 Å². The largest absolute Gasteiger partial charge is 0.508 e. The number of carbonyl (C=O) groups is 4. The molecule has 0 radical (unpaired) electrons. The number of aliphatic hydroxyl groups excluding tert-OH is 1. The molecule has 3 aliphatic rings. The van der Waals surface area contributed by atoms with Crippen LogP contribution in [0.5, 0.6) is 11.5 Å². The first-order valence-corrected chi connectivity index (χ1v) is 13.3. The van der Waals surface area contributed by atoms with E-state index in [0.717, 1.165) is 5.56 Å². The highest BCUT2D eigenvalue weighted by atomic mass is 16.5. The van der Waals surface area contributed by atoms with Gasteiger partial charge in [-0.2, -0.15) is 0 Å². The molecule has 0 fully saturated rings. The second-order valence-corrected chi connectivity index (χ2v) is 11.8. The number of hydrogen-bond acceptors (Lipinski definition) is 8. The van der Waals surface area contributed by atoms with Crippen molar-refractivity contribution in [2.75, 3.05) is 0 Å². The van der Waals surface area contributed by atoms with Gasteiger partial charge in [-0.3, -0.25) is 19.2 Å². The van der Waals surface area contributed by atoms with Crippen LogP contribution in [0, 0.1) is 10.8 Å². The van der Waals surface area contributed by atoms with Crippen molar-refractivity contribution in [3.8, 4) is 22.6 Å². The third-order valence-corrected chi connectivity index (χ3v) is 8.82. The first kappa shape index (κ1) is 27.5. The number of fused-ring (bicyclic) bond motifs is 3. The number of hydrogen-bond donors (Lipinski definition) is 3. The summed E-state index contributed by atoms with van der Waals surface area (Å²) in [5.74, 6) is -3.09. The second kappa shape index (κ2) is 8.99. The number of ether oxygens (including phenoxy) is 1. The number of benzene rings is 2. The third kappa shape index (κ3) is 3.69. The fourth-order valence-electron chi connectivity index (χ4n) is 7.21. The molecule has 0 aliphatic heterocycles. The van der Waals surface area contributed by atoms with Crippen LogP contribution in [0.25, 0.3) is 11.1 Å². The first-order valence-electron chi connectivity index (χ1n) is 13.3. The first-order chi connectivity index (χ1) is 18.7.